The summed E-state index contributed by atoms with van der Waals surface area (Å²) < 4.78 is 10.4. The van der Waals surface area contributed by atoms with Gasteiger partial charge in [0.15, 0.2) is 0 Å². The summed E-state index contributed by atoms with van der Waals surface area (Å²) in [6.07, 6.45) is 0.0364. The van der Waals surface area contributed by atoms with Gasteiger partial charge in [-0.2, -0.15) is 0 Å². The molecule has 0 fully saturated rings. The van der Waals surface area contributed by atoms with Crippen LogP contribution in [-0.4, -0.2) is 47.8 Å². The van der Waals surface area contributed by atoms with E-state index in [4.69, 9.17) is 14.6 Å². The van der Waals surface area contributed by atoms with Gasteiger partial charge in [-0.15, -0.1) is 0 Å². The molecule has 0 aromatic heterocycles. The highest BCUT2D eigenvalue weighted by Crippen LogP contribution is 2.23. The van der Waals surface area contributed by atoms with E-state index in [0.717, 1.165) is 0 Å². The number of hydrogen-bond donors (Lipinski definition) is 2. The number of hydrogen-bond acceptors (Lipinski definition) is 5. The Morgan fingerprint density at radius 1 is 0.962 bits per heavy atom. The molecule has 7 heteroatoms. The molecule has 0 atom stereocenters. The maximum absolute atomic E-state index is 12.6. The molecule has 2 aromatic carbocycles. The number of amides is 1. The number of carboxylic acid groups (broad SMARTS) is 1. The van der Waals surface area contributed by atoms with E-state index in [9.17, 15) is 14.7 Å². The Morgan fingerprint density at radius 2 is 1.54 bits per heavy atom. The minimum Gasteiger partial charge on any atom is -0.508 e. The molecule has 0 aliphatic rings. The Bertz CT molecular complexity index is 750. The van der Waals surface area contributed by atoms with Gasteiger partial charge in [0, 0.05) is 12.6 Å². The molecule has 26 heavy (non-hydrogen) atoms. The van der Waals surface area contributed by atoms with E-state index < -0.39 is 12.5 Å². The first-order chi connectivity index (χ1) is 12.4. The van der Waals surface area contributed by atoms with Crippen molar-refractivity contribution < 1.29 is 29.3 Å². The van der Waals surface area contributed by atoms with Crippen molar-refractivity contribution in [2.45, 2.75) is 13.0 Å². The van der Waals surface area contributed by atoms with Crippen LogP contribution < -0.4 is 9.47 Å². The smallest absolute Gasteiger partial charge is 0.323 e. The van der Waals surface area contributed by atoms with Gasteiger partial charge in [0.1, 0.15) is 23.8 Å². The summed E-state index contributed by atoms with van der Waals surface area (Å²) in [7, 11) is 3.03. The van der Waals surface area contributed by atoms with E-state index in [0.29, 0.717) is 22.6 Å². The molecule has 1 amide bonds. The summed E-state index contributed by atoms with van der Waals surface area (Å²) >= 11 is 0. The number of methoxy groups -OCH3 is 2. The zero-order valence-electron chi connectivity index (χ0n) is 14.6. The number of aromatic hydroxyl groups is 1. The van der Waals surface area contributed by atoms with Gasteiger partial charge in [0.25, 0.3) is 0 Å². The number of carboxylic acids is 1. The number of benzene rings is 2. The van der Waals surface area contributed by atoms with Gasteiger partial charge in [0.2, 0.25) is 5.91 Å². The van der Waals surface area contributed by atoms with Crippen LogP contribution in [-0.2, 0) is 22.6 Å². The van der Waals surface area contributed by atoms with E-state index in [1.807, 2.05) is 0 Å². The normalized spacial score (nSPS) is 10.2. The molecule has 0 radical (unpaired) electrons. The summed E-state index contributed by atoms with van der Waals surface area (Å²) in [6.45, 7) is -0.312. The van der Waals surface area contributed by atoms with Crippen LogP contribution in [0.2, 0.25) is 0 Å². The SMILES string of the molecule is COc1cc(CN(CC(=O)O)C(=O)Cc2ccc(O)cc2)cc(OC)c1. The maximum Gasteiger partial charge on any atom is 0.323 e. The Kier molecular flexibility index (Phi) is 6.43. The Balaban J connectivity index is 2.19. The lowest BCUT2D eigenvalue weighted by molar-refractivity contribution is -0.144. The van der Waals surface area contributed by atoms with Crippen LogP contribution in [0.1, 0.15) is 11.1 Å². The van der Waals surface area contributed by atoms with E-state index in [2.05, 4.69) is 0 Å². The number of carbonyl (C=O) groups excluding carboxylic acids is 1. The average molecular weight is 359 g/mol. The zero-order chi connectivity index (χ0) is 19.1. The second-order valence-electron chi connectivity index (χ2n) is 5.71. The monoisotopic (exact) mass is 359 g/mol. The Morgan fingerprint density at radius 3 is 2.04 bits per heavy atom. The minimum atomic E-state index is -1.10. The summed E-state index contributed by atoms with van der Waals surface area (Å²) in [6, 6.07) is 11.4. The molecule has 2 aromatic rings. The first-order valence-electron chi connectivity index (χ1n) is 7.90. The first-order valence-corrected chi connectivity index (χ1v) is 7.90. The Hall–Kier alpha value is -3.22. The summed E-state index contributed by atoms with van der Waals surface area (Å²) in [5.74, 6) is -0.216. The van der Waals surface area contributed by atoms with Crippen molar-refractivity contribution in [2.24, 2.45) is 0 Å². The summed E-state index contributed by atoms with van der Waals surface area (Å²) in [5.41, 5.74) is 1.38. The topological polar surface area (TPSA) is 96.3 Å². The first kappa shape index (κ1) is 19.1. The highest BCUT2D eigenvalue weighted by atomic mass is 16.5. The van der Waals surface area contributed by atoms with Crippen LogP contribution >= 0.6 is 0 Å². The largest absolute Gasteiger partial charge is 0.508 e. The van der Waals surface area contributed by atoms with Crippen molar-refractivity contribution in [3.05, 3.63) is 53.6 Å². The third-order valence-electron chi connectivity index (χ3n) is 3.76. The fourth-order valence-electron chi connectivity index (χ4n) is 2.47. The number of phenols is 1. The molecule has 0 unspecified atom stereocenters. The summed E-state index contributed by atoms with van der Waals surface area (Å²) in [4.78, 5) is 25.0. The molecule has 2 rings (SSSR count). The number of rotatable bonds is 8. The molecule has 0 saturated heterocycles. The van der Waals surface area contributed by atoms with Crippen molar-refractivity contribution in [2.75, 3.05) is 20.8 Å². The zero-order valence-corrected chi connectivity index (χ0v) is 14.6. The van der Waals surface area contributed by atoms with Crippen LogP contribution in [0.3, 0.4) is 0 Å². The van der Waals surface area contributed by atoms with Gasteiger partial charge in [-0.1, -0.05) is 12.1 Å². The molecular formula is C19H21NO6. The highest BCUT2D eigenvalue weighted by Gasteiger charge is 2.18. The van der Waals surface area contributed by atoms with Crippen LogP contribution in [0.25, 0.3) is 0 Å². The molecule has 0 aliphatic carbocycles. The molecule has 0 bridgehead atoms. The number of aliphatic carboxylic acids is 1. The van der Waals surface area contributed by atoms with Gasteiger partial charge < -0.3 is 24.6 Å². The van der Waals surface area contributed by atoms with Crippen LogP contribution in [0, 0.1) is 0 Å². The van der Waals surface area contributed by atoms with Gasteiger partial charge in [-0.25, -0.2) is 0 Å². The second kappa shape index (κ2) is 8.75. The lowest BCUT2D eigenvalue weighted by Gasteiger charge is -2.21. The fraction of sp³-hybridized carbons (Fsp3) is 0.263. The molecule has 0 heterocycles. The molecule has 0 saturated carbocycles. The van der Waals surface area contributed by atoms with Crippen molar-refractivity contribution in [1.82, 2.24) is 4.90 Å². The fourth-order valence-corrected chi connectivity index (χ4v) is 2.47. The molecule has 0 spiro atoms. The van der Waals surface area contributed by atoms with Crippen LogP contribution in [0.4, 0.5) is 0 Å². The average Bonchev–Trinajstić information content (AvgIpc) is 2.62. The van der Waals surface area contributed by atoms with E-state index in [-0.39, 0.29) is 24.6 Å². The van der Waals surface area contributed by atoms with Crippen molar-refractivity contribution in [1.29, 1.82) is 0 Å². The number of ether oxygens (including phenoxy) is 2. The number of phenolic OH excluding ortho intramolecular Hbond substituents is 1. The van der Waals surface area contributed by atoms with Crippen LogP contribution in [0.5, 0.6) is 17.2 Å². The van der Waals surface area contributed by atoms with Gasteiger partial charge in [-0.3, -0.25) is 9.59 Å². The van der Waals surface area contributed by atoms with E-state index in [1.54, 1.807) is 30.3 Å². The third kappa shape index (κ3) is 5.41. The van der Waals surface area contributed by atoms with Crippen molar-refractivity contribution in [3.63, 3.8) is 0 Å². The quantitative estimate of drug-likeness (QED) is 0.749. The van der Waals surface area contributed by atoms with Gasteiger partial charge in [0.05, 0.1) is 20.6 Å². The third-order valence-corrected chi connectivity index (χ3v) is 3.76. The number of carbonyl (C=O) groups is 2. The summed E-state index contributed by atoms with van der Waals surface area (Å²) in [5, 5.41) is 18.5. The number of nitrogens with zero attached hydrogens (tertiary/aromatic N) is 1. The van der Waals surface area contributed by atoms with Crippen molar-refractivity contribution in [3.8, 4) is 17.2 Å². The molecule has 138 valence electrons. The predicted molar refractivity (Wildman–Crippen MR) is 94.4 cm³/mol. The van der Waals surface area contributed by atoms with E-state index >= 15 is 0 Å². The van der Waals surface area contributed by atoms with Gasteiger partial charge in [-0.05, 0) is 35.4 Å². The van der Waals surface area contributed by atoms with Gasteiger partial charge >= 0.3 is 5.97 Å². The standard InChI is InChI=1S/C19H21NO6/c1-25-16-7-14(8-17(10-16)26-2)11-20(12-19(23)24)18(22)9-13-3-5-15(21)6-4-13/h3-8,10,21H,9,11-12H2,1-2H3,(H,23,24). The minimum absolute atomic E-state index is 0.0364. The molecule has 7 nitrogen and oxygen atoms in total. The van der Waals surface area contributed by atoms with Crippen LogP contribution in [0.15, 0.2) is 42.5 Å². The van der Waals surface area contributed by atoms with Crippen molar-refractivity contribution >= 4 is 11.9 Å². The second-order valence-corrected chi connectivity index (χ2v) is 5.71. The Labute approximate surface area is 151 Å². The molecule has 0 aliphatic heterocycles. The van der Waals surface area contributed by atoms with E-state index in [1.165, 1.54) is 31.3 Å². The molecule has 2 N–H and O–H groups in total. The lowest BCUT2D eigenvalue weighted by Crippen LogP contribution is -2.36. The predicted octanol–water partition coefficient (Wildman–Crippen LogP) is 2.07. The lowest BCUT2D eigenvalue weighted by atomic mass is 10.1. The maximum atomic E-state index is 12.6. The molecular weight excluding hydrogens is 338 g/mol. The highest BCUT2D eigenvalue weighted by molar-refractivity contribution is 5.83.